The Bertz CT molecular complexity index is 427. The summed E-state index contributed by atoms with van der Waals surface area (Å²) in [4.78, 5) is 2.73. The van der Waals surface area contributed by atoms with Crippen molar-refractivity contribution in [3.63, 3.8) is 0 Å². The minimum atomic E-state index is 0.686. The van der Waals surface area contributed by atoms with Crippen molar-refractivity contribution >= 4 is 15.9 Å². The van der Waals surface area contributed by atoms with E-state index < -0.39 is 0 Å². The molecule has 2 nitrogen and oxygen atoms in total. The molecule has 1 N–H and O–H groups in total. The van der Waals surface area contributed by atoms with Crippen molar-refractivity contribution in [3.8, 4) is 0 Å². The normalized spacial score (nSPS) is 27.7. The second-order valence-corrected chi connectivity index (χ2v) is 7.27. The summed E-state index contributed by atoms with van der Waals surface area (Å²) in [6.45, 7) is 5.79. The van der Waals surface area contributed by atoms with Crippen LogP contribution in [0.4, 0.5) is 0 Å². The van der Waals surface area contributed by atoms with Gasteiger partial charge in [0.25, 0.3) is 0 Å². The van der Waals surface area contributed by atoms with E-state index in [-0.39, 0.29) is 0 Å². The van der Waals surface area contributed by atoms with Crippen LogP contribution in [0, 0.1) is 5.92 Å². The van der Waals surface area contributed by atoms with E-state index in [1.54, 1.807) is 0 Å². The average molecular weight is 337 g/mol. The number of benzene rings is 1. The lowest BCUT2D eigenvalue weighted by molar-refractivity contribution is 0.104. The fourth-order valence-electron chi connectivity index (χ4n) is 3.39. The Labute approximate surface area is 131 Å². The number of nitrogens with one attached hydrogen (secondary N) is 1. The highest BCUT2D eigenvalue weighted by Gasteiger charge is 2.38. The van der Waals surface area contributed by atoms with Gasteiger partial charge >= 0.3 is 0 Å². The van der Waals surface area contributed by atoms with Crippen LogP contribution in [0.3, 0.4) is 0 Å². The smallest absolute Gasteiger partial charge is 0.0253 e. The van der Waals surface area contributed by atoms with Gasteiger partial charge in [-0.05, 0) is 42.9 Å². The third-order valence-electron chi connectivity index (χ3n) is 4.64. The molecule has 2 atom stereocenters. The lowest BCUT2D eigenvalue weighted by Crippen LogP contribution is -2.56. The van der Waals surface area contributed by atoms with Gasteiger partial charge in [0.05, 0.1) is 0 Å². The van der Waals surface area contributed by atoms with Gasteiger partial charge in [-0.25, -0.2) is 0 Å². The highest BCUT2D eigenvalue weighted by Crippen LogP contribution is 2.37. The van der Waals surface area contributed by atoms with Crippen LogP contribution in [0.2, 0.25) is 0 Å². The molecule has 2 aliphatic rings. The predicted octanol–water partition coefficient (Wildman–Crippen LogP) is 3.80. The van der Waals surface area contributed by atoms with E-state index in [2.05, 4.69) is 57.3 Å². The quantitative estimate of drug-likeness (QED) is 0.879. The summed E-state index contributed by atoms with van der Waals surface area (Å²) in [5, 5.41) is 3.77. The molecule has 0 radical (unpaired) electrons. The summed E-state index contributed by atoms with van der Waals surface area (Å²) < 4.78 is 1.17. The highest BCUT2D eigenvalue weighted by atomic mass is 79.9. The molecular formula is C17H25BrN2. The van der Waals surface area contributed by atoms with Crippen LogP contribution in [0.15, 0.2) is 28.7 Å². The third kappa shape index (κ3) is 3.63. The number of halogens is 1. The lowest BCUT2D eigenvalue weighted by atomic mass is 10.0. The van der Waals surface area contributed by atoms with E-state index in [0.29, 0.717) is 6.04 Å². The van der Waals surface area contributed by atoms with Crippen LogP contribution in [0.1, 0.15) is 38.2 Å². The molecule has 1 aromatic rings. The van der Waals surface area contributed by atoms with Crippen molar-refractivity contribution in [2.45, 2.75) is 51.2 Å². The van der Waals surface area contributed by atoms with Crippen LogP contribution in [-0.4, -0.2) is 30.1 Å². The summed E-state index contributed by atoms with van der Waals surface area (Å²) in [5.41, 5.74) is 1.44. The molecular weight excluding hydrogens is 312 g/mol. The Hall–Kier alpha value is -0.380. The molecule has 20 heavy (non-hydrogen) atoms. The zero-order valence-corrected chi connectivity index (χ0v) is 13.9. The maximum Gasteiger partial charge on any atom is 0.0253 e. The van der Waals surface area contributed by atoms with Crippen molar-refractivity contribution in [1.29, 1.82) is 0 Å². The molecule has 110 valence electrons. The van der Waals surface area contributed by atoms with Gasteiger partial charge in [-0.2, -0.15) is 0 Å². The van der Waals surface area contributed by atoms with Crippen molar-refractivity contribution < 1.29 is 0 Å². The molecule has 1 aliphatic carbocycles. The van der Waals surface area contributed by atoms with Crippen LogP contribution in [0.25, 0.3) is 0 Å². The topological polar surface area (TPSA) is 15.3 Å². The molecule has 1 saturated carbocycles. The van der Waals surface area contributed by atoms with E-state index in [1.165, 1.54) is 48.8 Å². The Morgan fingerprint density at radius 1 is 1.25 bits per heavy atom. The monoisotopic (exact) mass is 336 g/mol. The van der Waals surface area contributed by atoms with Gasteiger partial charge in [0.1, 0.15) is 0 Å². The molecule has 0 aromatic heterocycles. The van der Waals surface area contributed by atoms with Gasteiger partial charge in [0.15, 0.2) is 0 Å². The Morgan fingerprint density at radius 2 is 2.00 bits per heavy atom. The molecule has 0 spiro atoms. The standard InChI is InChI=1S/C17H25BrN2/c1-2-3-16-12-20(17(10-19-16)14-6-7-14)11-13-4-8-15(18)9-5-13/h4-5,8-9,14,16-17,19H,2-3,6-7,10-12H2,1H3. The van der Waals surface area contributed by atoms with Gasteiger partial charge < -0.3 is 5.32 Å². The van der Waals surface area contributed by atoms with Gasteiger partial charge in [0.2, 0.25) is 0 Å². The van der Waals surface area contributed by atoms with Gasteiger partial charge in [-0.1, -0.05) is 41.4 Å². The largest absolute Gasteiger partial charge is 0.311 e. The molecule has 1 heterocycles. The molecule has 2 fully saturated rings. The van der Waals surface area contributed by atoms with E-state index in [0.717, 1.165) is 18.5 Å². The zero-order valence-electron chi connectivity index (χ0n) is 12.3. The summed E-state index contributed by atoms with van der Waals surface area (Å²) in [5.74, 6) is 0.945. The van der Waals surface area contributed by atoms with E-state index in [4.69, 9.17) is 0 Å². The first-order valence-electron chi connectivity index (χ1n) is 7.98. The second kappa shape index (κ2) is 6.59. The van der Waals surface area contributed by atoms with Crippen molar-refractivity contribution in [3.05, 3.63) is 34.3 Å². The molecule has 0 bridgehead atoms. The van der Waals surface area contributed by atoms with E-state index in [1.807, 2.05) is 0 Å². The first-order valence-corrected chi connectivity index (χ1v) is 8.77. The molecule has 0 amide bonds. The minimum Gasteiger partial charge on any atom is -0.311 e. The van der Waals surface area contributed by atoms with Crippen LogP contribution in [-0.2, 0) is 6.54 Å². The maximum atomic E-state index is 3.77. The number of nitrogens with zero attached hydrogens (tertiary/aromatic N) is 1. The fraction of sp³-hybridized carbons (Fsp3) is 0.647. The molecule has 2 unspecified atom stereocenters. The Kier molecular flexibility index (Phi) is 4.79. The Morgan fingerprint density at radius 3 is 2.65 bits per heavy atom. The molecule has 3 rings (SSSR count). The van der Waals surface area contributed by atoms with Crippen LogP contribution >= 0.6 is 15.9 Å². The predicted molar refractivity (Wildman–Crippen MR) is 87.8 cm³/mol. The third-order valence-corrected chi connectivity index (χ3v) is 5.17. The second-order valence-electron chi connectivity index (χ2n) is 6.35. The fourth-order valence-corrected chi connectivity index (χ4v) is 3.66. The van der Waals surface area contributed by atoms with Crippen LogP contribution in [0.5, 0.6) is 0 Å². The van der Waals surface area contributed by atoms with Crippen molar-refractivity contribution in [1.82, 2.24) is 10.2 Å². The molecule has 1 aromatic carbocycles. The van der Waals surface area contributed by atoms with Crippen molar-refractivity contribution in [2.75, 3.05) is 13.1 Å². The average Bonchev–Trinajstić information content (AvgIpc) is 3.27. The molecule has 3 heteroatoms. The van der Waals surface area contributed by atoms with E-state index >= 15 is 0 Å². The van der Waals surface area contributed by atoms with E-state index in [9.17, 15) is 0 Å². The first-order chi connectivity index (χ1) is 9.76. The summed E-state index contributed by atoms with van der Waals surface area (Å²) in [7, 11) is 0. The number of piperazine rings is 1. The van der Waals surface area contributed by atoms with Gasteiger partial charge in [0, 0.05) is 36.2 Å². The zero-order chi connectivity index (χ0) is 13.9. The van der Waals surface area contributed by atoms with Crippen LogP contribution < -0.4 is 5.32 Å². The lowest BCUT2D eigenvalue weighted by Gasteiger charge is -2.41. The van der Waals surface area contributed by atoms with Gasteiger partial charge in [-0.3, -0.25) is 4.90 Å². The van der Waals surface area contributed by atoms with Gasteiger partial charge in [-0.15, -0.1) is 0 Å². The molecule has 1 aliphatic heterocycles. The highest BCUT2D eigenvalue weighted by molar-refractivity contribution is 9.10. The first kappa shape index (κ1) is 14.6. The number of rotatable bonds is 5. The number of hydrogen-bond acceptors (Lipinski definition) is 2. The summed E-state index contributed by atoms with van der Waals surface area (Å²) >= 11 is 3.52. The molecule has 1 saturated heterocycles. The summed E-state index contributed by atoms with van der Waals surface area (Å²) in [6.07, 6.45) is 5.44. The SMILES string of the molecule is CCCC1CN(Cc2ccc(Br)cc2)C(C2CC2)CN1. The summed E-state index contributed by atoms with van der Waals surface area (Å²) in [6, 6.07) is 10.3. The Balaban J connectivity index is 1.67. The number of hydrogen-bond donors (Lipinski definition) is 1. The van der Waals surface area contributed by atoms with Crippen molar-refractivity contribution in [2.24, 2.45) is 5.92 Å². The maximum absolute atomic E-state index is 3.77. The minimum absolute atomic E-state index is 0.686.